The average Bonchev–Trinajstić information content (AvgIpc) is 2.62. The highest BCUT2D eigenvalue weighted by Gasteiger charge is 2.29. The summed E-state index contributed by atoms with van der Waals surface area (Å²) in [6, 6.07) is 22.5. The van der Waals surface area contributed by atoms with E-state index in [2.05, 4.69) is 65.6 Å². The van der Waals surface area contributed by atoms with Crippen LogP contribution in [0.5, 0.6) is 0 Å². The molecule has 2 aromatic carbocycles. The van der Waals surface area contributed by atoms with Crippen molar-refractivity contribution >= 4 is 0 Å². The maximum Gasteiger partial charge on any atom is 0.0445 e. The molecule has 0 aliphatic carbocycles. The van der Waals surface area contributed by atoms with Crippen LogP contribution in [0.1, 0.15) is 42.9 Å². The molecule has 1 aliphatic rings. The van der Waals surface area contributed by atoms with Crippen molar-refractivity contribution in [1.29, 1.82) is 0 Å². The molecule has 2 atom stereocenters. The van der Waals surface area contributed by atoms with Crippen LogP contribution in [0.4, 0.5) is 0 Å². The Hall–Kier alpha value is -1.64. The molecule has 2 nitrogen and oxygen atoms in total. The second-order valence-corrected chi connectivity index (χ2v) is 6.52. The monoisotopic (exact) mass is 309 g/mol. The van der Waals surface area contributed by atoms with E-state index in [0.29, 0.717) is 12.1 Å². The molecule has 0 saturated carbocycles. The molecule has 122 valence electrons. The summed E-state index contributed by atoms with van der Waals surface area (Å²) >= 11 is 0. The summed E-state index contributed by atoms with van der Waals surface area (Å²) < 4.78 is 0. The first-order chi connectivity index (χ1) is 11.4. The third-order valence-corrected chi connectivity index (χ3v) is 4.99. The van der Waals surface area contributed by atoms with Gasteiger partial charge in [0.15, 0.2) is 0 Å². The predicted octanol–water partition coefficient (Wildman–Crippen LogP) is 4.21. The van der Waals surface area contributed by atoms with Gasteiger partial charge in [-0.25, -0.2) is 0 Å². The number of nitrogens with zero attached hydrogens (tertiary/aromatic N) is 1. The Labute approximate surface area is 139 Å². The van der Waals surface area contributed by atoms with Crippen LogP contribution in [-0.4, -0.2) is 29.2 Å². The Balaban J connectivity index is 1.87. The van der Waals surface area contributed by atoms with Crippen LogP contribution in [0.25, 0.3) is 0 Å². The summed E-state index contributed by atoms with van der Waals surface area (Å²) in [4.78, 5) is 2.64. The van der Waals surface area contributed by atoms with Crippen molar-refractivity contribution in [1.82, 2.24) is 4.90 Å². The van der Waals surface area contributed by atoms with Crippen LogP contribution in [0.15, 0.2) is 60.7 Å². The summed E-state index contributed by atoms with van der Waals surface area (Å²) in [7, 11) is 0. The standard InChI is InChI=1S/C21H27NO/c23-16-14-20-13-7-8-15-22(20)21(19-11-5-2-6-12-19)17-18-9-3-1-4-10-18/h1-6,9-12,20-21,23H,7-8,13-17H2/t20-,21+/m1/s1. The van der Waals surface area contributed by atoms with Crippen molar-refractivity contribution in [2.45, 2.75) is 44.2 Å². The summed E-state index contributed by atoms with van der Waals surface area (Å²) in [5, 5.41) is 9.45. The lowest BCUT2D eigenvalue weighted by Gasteiger charge is -2.41. The zero-order chi connectivity index (χ0) is 15.9. The molecule has 1 saturated heterocycles. The maximum atomic E-state index is 9.45. The highest BCUT2D eigenvalue weighted by atomic mass is 16.3. The van der Waals surface area contributed by atoms with Crippen LogP contribution in [-0.2, 0) is 6.42 Å². The number of likely N-dealkylation sites (tertiary alicyclic amines) is 1. The normalized spacial score (nSPS) is 20.3. The van der Waals surface area contributed by atoms with E-state index in [1.165, 1.54) is 30.4 Å². The van der Waals surface area contributed by atoms with E-state index in [4.69, 9.17) is 0 Å². The molecule has 0 bridgehead atoms. The van der Waals surface area contributed by atoms with Crippen LogP contribution in [0, 0.1) is 0 Å². The molecule has 1 aliphatic heterocycles. The van der Waals surface area contributed by atoms with E-state index in [1.807, 2.05) is 0 Å². The fraction of sp³-hybridized carbons (Fsp3) is 0.429. The molecule has 0 unspecified atom stereocenters. The molecular formula is C21H27NO. The van der Waals surface area contributed by atoms with Gasteiger partial charge in [-0.05, 0) is 43.4 Å². The fourth-order valence-electron chi connectivity index (χ4n) is 3.83. The molecule has 3 rings (SSSR count). The van der Waals surface area contributed by atoms with Gasteiger partial charge >= 0.3 is 0 Å². The Bertz CT molecular complexity index is 567. The van der Waals surface area contributed by atoms with E-state index in [0.717, 1.165) is 19.4 Å². The Morgan fingerprint density at radius 3 is 2.35 bits per heavy atom. The van der Waals surface area contributed by atoms with E-state index >= 15 is 0 Å². The van der Waals surface area contributed by atoms with Crippen molar-refractivity contribution in [3.05, 3.63) is 71.8 Å². The molecule has 23 heavy (non-hydrogen) atoms. The fourth-order valence-corrected chi connectivity index (χ4v) is 3.83. The van der Waals surface area contributed by atoms with Gasteiger partial charge in [-0.1, -0.05) is 67.1 Å². The van der Waals surface area contributed by atoms with Gasteiger partial charge in [-0.2, -0.15) is 0 Å². The molecule has 0 aromatic heterocycles. The van der Waals surface area contributed by atoms with Gasteiger partial charge in [0.05, 0.1) is 0 Å². The van der Waals surface area contributed by atoms with E-state index < -0.39 is 0 Å². The Morgan fingerprint density at radius 1 is 0.957 bits per heavy atom. The van der Waals surface area contributed by atoms with Crippen molar-refractivity contribution in [2.24, 2.45) is 0 Å². The van der Waals surface area contributed by atoms with Crippen molar-refractivity contribution < 1.29 is 5.11 Å². The number of hydrogen-bond donors (Lipinski definition) is 1. The second-order valence-electron chi connectivity index (χ2n) is 6.52. The van der Waals surface area contributed by atoms with Crippen LogP contribution in [0.3, 0.4) is 0 Å². The van der Waals surface area contributed by atoms with Gasteiger partial charge in [0, 0.05) is 18.7 Å². The first kappa shape index (κ1) is 16.2. The smallest absolute Gasteiger partial charge is 0.0445 e. The lowest BCUT2D eigenvalue weighted by atomic mass is 9.91. The predicted molar refractivity (Wildman–Crippen MR) is 95.4 cm³/mol. The van der Waals surface area contributed by atoms with Crippen LogP contribution >= 0.6 is 0 Å². The maximum absolute atomic E-state index is 9.45. The van der Waals surface area contributed by atoms with Gasteiger partial charge in [0.1, 0.15) is 0 Å². The van der Waals surface area contributed by atoms with Gasteiger partial charge < -0.3 is 5.11 Å². The largest absolute Gasteiger partial charge is 0.396 e. The quantitative estimate of drug-likeness (QED) is 0.864. The number of benzene rings is 2. The summed E-state index contributed by atoms with van der Waals surface area (Å²) in [5.74, 6) is 0. The van der Waals surface area contributed by atoms with E-state index in [9.17, 15) is 5.11 Å². The number of piperidine rings is 1. The molecule has 0 radical (unpaired) electrons. The molecule has 1 N–H and O–H groups in total. The number of hydrogen-bond acceptors (Lipinski definition) is 2. The zero-order valence-corrected chi connectivity index (χ0v) is 13.8. The molecule has 1 heterocycles. The minimum Gasteiger partial charge on any atom is -0.396 e. The molecular weight excluding hydrogens is 282 g/mol. The van der Waals surface area contributed by atoms with Crippen LogP contribution in [0.2, 0.25) is 0 Å². The first-order valence-electron chi connectivity index (χ1n) is 8.84. The SMILES string of the molecule is OCC[C@H]1CCCCN1[C@@H](Cc1ccccc1)c1ccccc1. The molecule has 1 fully saturated rings. The highest BCUT2D eigenvalue weighted by molar-refractivity contribution is 5.24. The molecule has 0 spiro atoms. The Kier molecular flexibility index (Phi) is 5.84. The summed E-state index contributed by atoms with van der Waals surface area (Å²) in [5.41, 5.74) is 2.77. The minimum absolute atomic E-state index is 0.286. The van der Waals surface area contributed by atoms with Crippen molar-refractivity contribution in [2.75, 3.05) is 13.2 Å². The number of rotatable bonds is 6. The van der Waals surface area contributed by atoms with Crippen LogP contribution < -0.4 is 0 Å². The topological polar surface area (TPSA) is 23.5 Å². The zero-order valence-electron chi connectivity index (χ0n) is 13.8. The van der Waals surface area contributed by atoms with E-state index in [1.54, 1.807) is 0 Å². The average molecular weight is 309 g/mol. The Morgan fingerprint density at radius 2 is 1.65 bits per heavy atom. The molecule has 2 aromatic rings. The minimum atomic E-state index is 0.286. The second kappa shape index (κ2) is 8.28. The third-order valence-electron chi connectivity index (χ3n) is 4.99. The van der Waals surface area contributed by atoms with Gasteiger partial charge in [-0.3, -0.25) is 4.90 Å². The molecule has 0 amide bonds. The van der Waals surface area contributed by atoms with Crippen molar-refractivity contribution in [3.63, 3.8) is 0 Å². The lowest BCUT2D eigenvalue weighted by molar-refractivity contribution is 0.0747. The number of aliphatic hydroxyl groups excluding tert-OH is 1. The van der Waals surface area contributed by atoms with Gasteiger partial charge in [0.25, 0.3) is 0 Å². The van der Waals surface area contributed by atoms with Gasteiger partial charge in [0.2, 0.25) is 0 Å². The summed E-state index contributed by atoms with van der Waals surface area (Å²) in [6.07, 6.45) is 5.68. The lowest BCUT2D eigenvalue weighted by Crippen LogP contribution is -2.43. The summed E-state index contributed by atoms with van der Waals surface area (Å²) in [6.45, 7) is 1.42. The third kappa shape index (κ3) is 4.21. The molecule has 2 heteroatoms. The van der Waals surface area contributed by atoms with Crippen molar-refractivity contribution in [3.8, 4) is 0 Å². The highest BCUT2D eigenvalue weighted by Crippen LogP contribution is 2.32. The first-order valence-corrected chi connectivity index (χ1v) is 8.84. The van der Waals surface area contributed by atoms with E-state index in [-0.39, 0.29) is 6.61 Å². The number of aliphatic hydroxyl groups is 1. The van der Waals surface area contributed by atoms with Gasteiger partial charge in [-0.15, -0.1) is 0 Å².